The van der Waals surface area contributed by atoms with Gasteiger partial charge in [0.25, 0.3) is 0 Å². The fraction of sp³-hybridized carbons (Fsp3) is 0. The van der Waals surface area contributed by atoms with E-state index in [1.165, 1.54) is 0 Å². The monoisotopic (exact) mass is 282 g/mol. The van der Waals surface area contributed by atoms with Crippen molar-refractivity contribution in [2.75, 3.05) is 0 Å². The quantitative estimate of drug-likeness (QED) is 0.497. The number of rotatable bonds is 2. The van der Waals surface area contributed by atoms with Crippen molar-refractivity contribution in [3.8, 4) is 23.0 Å². The van der Waals surface area contributed by atoms with Crippen LogP contribution in [0.25, 0.3) is 11.1 Å². The van der Waals surface area contributed by atoms with Crippen molar-refractivity contribution in [1.82, 2.24) is 0 Å². The molecular formula is C21H14O. The topological polar surface area (TPSA) is 17.1 Å². The van der Waals surface area contributed by atoms with Crippen molar-refractivity contribution >= 4 is 6.29 Å². The van der Waals surface area contributed by atoms with Crippen LogP contribution in [0.2, 0.25) is 0 Å². The van der Waals surface area contributed by atoms with E-state index in [4.69, 9.17) is 0 Å². The van der Waals surface area contributed by atoms with Crippen molar-refractivity contribution in [3.05, 3.63) is 95.6 Å². The summed E-state index contributed by atoms with van der Waals surface area (Å²) in [5, 5.41) is 0. The number of hydrogen-bond acceptors (Lipinski definition) is 1. The first-order valence-electron chi connectivity index (χ1n) is 7.08. The van der Waals surface area contributed by atoms with E-state index in [2.05, 4.69) is 11.8 Å². The van der Waals surface area contributed by atoms with Crippen LogP contribution in [0.4, 0.5) is 0 Å². The summed E-state index contributed by atoms with van der Waals surface area (Å²) >= 11 is 0. The Morgan fingerprint density at radius 1 is 0.591 bits per heavy atom. The van der Waals surface area contributed by atoms with Gasteiger partial charge in [0.05, 0.1) is 0 Å². The van der Waals surface area contributed by atoms with Crippen LogP contribution < -0.4 is 0 Å². The first kappa shape index (κ1) is 13.9. The highest BCUT2D eigenvalue weighted by Gasteiger charge is 1.97. The lowest BCUT2D eigenvalue weighted by Crippen LogP contribution is -1.82. The van der Waals surface area contributed by atoms with Crippen LogP contribution in [0.3, 0.4) is 0 Å². The zero-order valence-corrected chi connectivity index (χ0v) is 12.0. The summed E-state index contributed by atoms with van der Waals surface area (Å²) in [6.45, 7) is 0. The molecule has 0 heterocycles. The van der Waals surface area contributed by atoms with Gasteiger partial charge in [-0.1, -0.05) is 66.4 Å². The fourth-order valence-electron chi connectivity index (χ4n) is 2.17. The van der Waals surface area contributed by atoms with Gasteiger partial charge in [0.1, 0.15) is 6.29 Å². The second-order valence-corrected chi connectivity index (χ2v) is 4.93. The number of carbonyl (C=O) groups is 1. The van der Waals surface area contributed by atoms with Gasteiger partial charge in [-0.25, -0.2) is 0 Å². The third-order valence-corrected chi connectivity index (χ3v) is 3.39. The zero-order chi connectivity index (χ0) is 15.2. The van der Waals surface area contributed by atoms with Crippen LogP contribution in [0.1, 0.15) is 21.5 Å². The summed E-state index contributed by atoms with van der Waals surface area (Å²) in [6, 6.07) is 25.6. The van der Waals surface area contributed by atoms with Crippen molar-refractivity contribution in [1.29, 1.82) is 0 Å². The molecule has 0 atom stereocenters. The van der Waals surface area contributed by atoms with Gasteiger partial charge >= 0.3 is 0 Å². The molecule has 0 aromatic heterocycles. The van der Waals surface area contributed by atoms with Crippen molar-refractivity contribution in [3.63, 3.8) is 0 Å². The average Bonchev–Trinajstić information content (AvgIpc) is 2.61. The molecule has 0 aliphatic carbocycles. The van der Waals surface area contributed by atoms with E-state index in [9.17, 15) is 4.79 Å². The highest BCUT2D eigenvalue weighted by atomic mass is 16.1. The molecular weight excluding hydrogens is 268 g/mol. The van der Waals surface area contributed by atoms with Gasteiger partial charge in [-0.05, 0) is 35.4 Å². The van der Waals surface area contributed by atoms with Crippen LogP contribution in [0.5, 0.6) is 0 Å². The Morgan fingerprint density at radius 3 is 1.64 bits per heavy atom. The Bertz CT molecular complexity index is 817. The predicted molar refractivity (Wildman–Crippen MR) is 89.7 cm³/mol. The largest absolute Gasteiger partial charge is 0.298 e. The van der Waals surface area contributed by atoms with E-state index in [0.717, 1.165) is 28.5 Å². The fourth-order valence-corrected chi connectivity index (χ4v) is 2.17. The summed E-state index contributed by atoms with van der Waals surface area (Å²) in [6.07, 6.45) is 0.853. The Balaban J connectivity index is 1.80. The van der Waals surface area contributed by atoms with Crippen LogP contribution >= 0.6 is 0 Å². The minimum absolute atomic E-state index is 0.689. The summed E-state index contributed by atoms with van der Waals surface area (Å²) in [7, 11) is 0. The Hall–Kier alpha value is -3.11. The van der Waals surface area contributed by atoms with Crippen LogP contribution in [-0.4, -0.2) is 6.29 Å². The molecule has 1 nitrogen and oxygen atoms in total. The van der Waals surface area contributed by atoms with Crippen LogP contribution in [-0.2, 0) is 0 Å². The lowest BCUT2D eigenvalue weighted by Gasteiger charge is -2.02. The number of benzene rings is 3. The SMILES string of the molecule is O=Cc1ccc(-c2ccc(C#Cc3ccccc3)cc2)cc1. The summed E-state index contributed by atoms with van der Waals surface area (Å²) in [5.41, 5.74) is 4.89. The second kappa shape index (κ2) is 6.56. The zero-order valence-electron chi connectivity index (χ0n) is 12.0. The van der Waals surface area contributed by atoms with Gasteiger partial charge in [0.15, 0.2) is 0 Å². The highest BCUT2D eigenvalue weighted by Crippen LogP contribution is 2.19. The second-order valence-electron chi connectivity index (χ2n) is 4.93. The lowest BCUT2D eigenvalue weighted by molar-refractivity contribution is 0.112. The lowest BCUT2D eigenvalue weighted by atomic mass is 10.0. The molecule has 0 spiro atoms. The Labute approximate surface area is 130 Å². The Kier molecular flexibility index (Phi) is 4.13. The molecule has 0 aliphatic heterocycles. The first-order chi connectivity index (χ1) is 10.8. The summed E-state index contributed by atoms with van der Waals surface area (Å²) in [4.78, 5) is 10.7. The molecule has 1 heteroatoms. The van der Waals surface area contributed by atoms with Crippen molar-refractivity contribution in [2.45, 2.75) is 0 Å². The van der Waals surface area contributed by atoms with E-state index in [-0.39, 0.29) is 0 Å². The molecule has 0 amide bonds. The molecule has 0 aliphatic rings. The molecule has 0 radical (unpaired) electrons. The molecule has 3 aromatic carbocycles. The molecule has 3 rings (SSSR count). The van der Waals surface area contributed by atoms with E-state index in [0.29, 0.717) is 5.56 Å². The van der Waals surface area contributed by atoms with E-state index in [1.54, 1.807) is 0 Å². The standard InChI is InChI=1S/C21H14O/c22-16-19-10-14-21(15-11-19)20-12-8-18(9-13-20)7-6-17-4-2-1-3-5-17/h1-5,8-16H. The van der Waals surface area contributed by atoms with E-state index >= 15 is 0 Å². The maximum Gasteiger partial charge on any atom is 0.150 e. The molecule has 104 valence electrons. The predicted octanol–water partition coefficient (Wildman–Crippen LogP) is 4.57. The average molecular weight is 282 g/mol. The number of aldehydes is 1. The van der Waals surface area contributed by atoms with Gasteiger partial charge in [-0.3, -0.25) is 4.79 Å². The normalized spacial score (nSPS) is 9.64. The van der Waals surface area contributed by atoms with Crippen LogP contribution in [0, 0.1) is 11.8 Å². The molecule has 0 N–H and O–H groups in total. The van der Waals surface area contributed by atoms with Gasteiger partial charge in [0, 0.05) is 16.7 Å². The molecule has 0 saturated carbocycles. The van der Waals surface area contributed by atoms with Crippen molar-refractivity contribution < 1.29 is 4.79 Å². The molecule has 0 saturated heterocycles. The van der Waals surface area contributed by atoms with E-state index in [1.807, 2.05) is 78.9 Å². The smallest absolute Gasteiger partial charge is 0.150 e. The van der Waals surface area contributed by atoms with Gasteiger partial charge in [-0.15, -0.1) is 0 Å². The van der Waals surface area contributed by atoms with E-state index < -0.39 is 0 Å². The molecule has 22 heavy (non-hydrogen) atoms. The van der Waals surface area contributed by atoms with Gasteiger partial charge < -0.3 is 0 Å². The third-order valence-electron chi connectivity index (χ3n) is 3.39. The summed E-state index contributed by atoms with van der Waals surface area (Å²) < 4.78 is 0. The van der Waals surface area contributed by atoms with Gasteiger partial charge in [-0.2, -0.15) is 0 Å². The maximum atomic E-state index is 10.7. The molecule has 0 bridgehead atoms. The number of carbonyl (C=O) groups excluding carboxylic acids is 1. The number of hydrogen-bond donors (Lipinski definition) is 0. The Morgan fingerprint density at radius 2 is 1.09 bits per heavy atom. The minimum Gasteiger partial charge on any atom is -0.298 e. The van der Waals surface area contributed by atoms with Gasteiger partial charge in [0.2, 0.25) is 0 Å². The van der Waals surface area contributed by atoms with Crippen LogP contribution in [0.15, 0.2) is 78.9 Å². The highest BCUT2D eigenvalue weighted by molar-refractivity contribution is 5.77. The molecule has 3 aromatic rings. The van der Waals surface area contributed by atoms with Crippen molar-refractivity contribution in [2.24, 2.45) is 0 Å². The third kappa shape index (κ3) is 3.31. The molecule has 0 fully saturated rings. The minimum atomic E-state index is 0.689. The molecule has 0 unspecified atom stereocenters. The first-order valence-corrected chi connectivity index (χ1v) is 7.08. The maximum absolute atomic E-state index is 10.7. The summed E-state index contributed by atoms with van der Waals surface area (Å²) in [5.74, 6) is 6.31.